The first-order chi connectivity index (χ1) is 16.4. The molecule has 1 amide bonds. The van der Waals surface area contributed by atoms with Gasteiger partial charge in [-0.25, -0.2) is 8.42 Å². The number of carbonyl (C=O) groups excluding carboxylic acids is 2. The van der Waals surface area contributed by atoms with Gasteiger partial charge in [-0.05, 0) is 48.9 Å². The van der Waals surface area contributed by atoms with E-state index >= 15 is 0 Å². The molecule has 0 spiro atoms. The lowest BCUT2D eigenvalue weighted by Crippen LogP contribution is -2.43. The van der Waals surface area contributed by atoms with E-state index in [2.05, 4.69) is 0 Å². The predicted octanol–water partition coefficient (Wildman–Crippen LogP) is 3.86. The lowest BCUT2D eigenvalue weighted by Gasteiger charge is -2.28. The molecule has 0 saturated carbocycles. The standard InChI is InChI=1S/C25H21NO7S/c27-24(26(17-5-2-1-3-6-17)18-10-12-34(29,30)16-18)15-32-19-8-9-22-20(13-19)21(14-33-22)25(28)23-7-4-11-31-23/h1-9,11,13-14,18H,10,12,15-16H2. The van der Waals surface area contributed by atoms with Crippen molar-refractivity contribution >= 4 is 38.2 Å². The molecule has 5 rings (SSSR count). The van der Waals surface area contributed by atoms with E-state index in [0.29, 0.717) is 34.4 Å². The molecule has 8 nitrogen and oxygen atoms in total. The van der Waals surface area contributed by atoms with Crippen molar-refractivity contribution in [3.8, 4) is 5.75 Å². The summed E-state index contributed by atoms with van der Waals surface area (Å²) in [7, 11) is -3.18. The van der Waals surface area contributed by atoms with Crippen molar-refractivity contribution in [1.82, 2.24) is 0 Å². The number of carbonyl (C=O) groups is 2. The van der Waals surface area contributed by atoms with E-state index in [1.54, 1.807) is 54.6 Å². The molecule has 3 heterocycles. The number of ketones is 1. The molecule has 1 aliphatic rings. The summed E-state index contributed by atoms with van der Waals surface area (Å²) in [6.45, 7) is -0.295. The first kappa shape index (κ1) is 22.0. The van der Waals surface area contributed by atoms with Gasteiger partial charge in [-0.2, -0.15) is 0 Å². The SMILES string of the molecule is O=C(c1ccco1)c1coc2ccc(OCC(=O)N(c3ccccc3)C3CCS(=O)(=O)C3)cc12. The Balaban J connectivity index is 1.37. The van der Waals surface area contributed by atoms with Gasteiger partial charge < -0.3 is 18.5 Å². The zero-order valence-corrected chi connectivity index (χ0v) is 18.9. The lowest BCUT2D eigenvalue weighted by atomic mass is 10.1. The molecule has 34 heavy (non-hydrogen) atoms. The van der Waals surface area contributed by atoms with Crippen LogP contribution in [-0.2, 0) is 14.6 Å². The van der Waals surface area contributed by atoms with Crippen LogP contribution in [0.5, 0.6) is 5.75 Å². The van der Waals surface area contributed by atoms with E-state index in [9.17, 15) is 18.0 Å². The highest BCUT2D eigenvalue weighted by Gasteiger charge is 2.35. The fourth-order valence-electron chi connectivity index (χ4n) is 4.16. The van der Waals surface area contributed by atoms with Crippen LogP contribution >= 0.6 is 0 Å². The van der Waals surface area contributed by atoms with Gasteiger partial charge in [0.25, 0.3) is 5.91 Å². The van der Waals surface area contributed by atoms with Crippen LogP contribution in [0, 0.1) is 0 Å². The highest BCUT2D eigenvalue weighted by atomic mass is 32.2. The minimum absolute atomic E-state index is 0.0543. The van der Waals surface area contributed by atoms with Crippen molar-refractivity contribution < 1.29 is 31.6 Å². The third-order valence-electron chi connectivity index (χ3n) is 5.77. The average Bonchev–Trinajstić information content (AvgIpc) is 3.58. The summed E-state index contributed by atoms with van der Waals surface area (Å²) in [5, 5.41) is 0.535. The topological polar surface area (TPSA) is 107 Å². The summed E-state index contributed by atoms with van der Waals surface area (Å²) in [5.41, 5.74) is 1.44. The molecule has 0 aliphatic carbocycles. The molecular formula is C25H21NO7S. The van der Waals surface area contributed by atoms with E-state index in [0.717, 1.165) is 0 Å². The van der Waals surface area contributed by atoms with Crippen LogP contribution in [0.4, 0.5) is 5.69 Å². The Bertz CT molecular complexity index is 1440. The van der Waals surface area contributed by atoms with Crippen LogP contribution in [0.15, 0.2) is 82.0 Å². The second-order valence-corrected chi connectivity index (χ2v) is 10.3. The number of ether oxygens (including phenoxy) is 1. The molecule has 1 saturated heterocycles. The highest BCUT2D eigenvalue weighted by Crippen LogP contribution is 2.29. The Morgan fingerprint density at radius 2 is 1.85 bits per heavy atom. The Morgan fingerprint density at radius 1 is 1.03 bits per heavy atom. The largest absolute Gasteiger partial charge is 0.484 e. The van der Waals surface area contributed by atoms with E-state index in [1.165, 1.54) is 17.4 Å². The summed E-state index contributed by atoms with van der Waals surface area (Å²) >= 11 is 0. The molecule has 2 aromatic carbocycles. The van der Waals surface area contributed by atoms with Crippen LogP contribution in [0.3, 0.4) is 0 Å². The molecule has 1 atom stereocenters. The normalized spacial score (nSPS) is 17.0. The van der Waals surface area contributed by atoms with Crippen molar-refractivity contribution in [2.45, 2.75) is 12.5 Å². The van der Waals surface area contributed by atoms with Crippen LogP contribution in [-0.4, -0.2) is 44.3 Å². The number of anilines is 1. The smallest absolute Gasteiger partial charge is 0.265 e. The zero-order chi connectivity index (χ0) is 23.7. The number of fused-ring (bicyclic) bond motifs is 1. The van der Waals surface area contributed by atoms with Gasteiger partial charge in [-0.1, -0.05) is 18.2 Å². The number of sulfone groups is 1. The van der Waals surface area contributed by atoms with Gasteiger partial charge in [0.05, 0.1) is 29.4 Å². The molecule has 1 unspecified atom stereocenters. The first-order valence-corrected chi connectivity index (χ1v) is 12.5. The Kier molecular flexibility index (Phi) is 5.70. The van der Waals surface area contributed by atoms with Crippen molar-refractivity contribution in [2.75, 3.05) is 23.0 Å². The van der Waals surface area contributed by atoms with E-state index in [-0.39, 0.29) is 35.6 Å². The third-order valence-corrected chi connectivity index (χ3v) is 7.52. The number of para-hydroxylation sites is 1. The van der Waals surface area contributed by atoms with Crippen LogP contribution in [0.1, 0.15) is 22.5 Å². The molecule has 9 heteroatoms. The number of benzene rings is 2. The summed E-state index contributed by atoms with van der Waals surface area (Å²) in [5.74, 6) is -0.134. The van der Waals surface area contributed by atoms with Gasteiger partial charge in [-0.15, -0.1) is 0 Å². The van der Waals surface area contributed by atoms with Gasteiger partial charge >= 0.3 is 0 Å². The fourth-order valence-corrected chi connectivity index (χ4v) is 5.85. The van der Waals surface area contributed by atoms with Crippen LogP contribution < -0.4 is 9.64 Å². The van der Waals surface area contributed by atoms with E-state index in [4.69, 9.17) is 13.6 Å². The average molecular weight is 480 g/mol. The quantitative estimate of drug-likeness (QED) is 0.371. The predicted molar refractivity (Wildman–Crippen MR) is 125 cm³/mol. The molecular weight excluding hydrogens is 458 g/mol. The molecule has 1 fully saturated rings. The maximum atomic E-state index is 13.2. The fraction of sp³-hybridized carbons (Fsp3) is 0.200. The summed E-state index contributed by atoms with van der Waals surface area (Å²) < 4.78 is 40.5. The number of nitrogens with zero attached hydrogens (tertiary/aromatic N) is 1. The third kappa shape index (κ3) is 4.34. The monoisotopic (exact) mass is 479 g/mol. The molecule has 0 N–H and O–H groups in total. The van der Waals surface area contributed by atoms with Crippen molar-refractivity contribution in [1.29, 1.82) is 0 Å². The van der Waals surface area contributed by atoms with E-state index < -0.39 is 15.9 Å². The van der Waals surface area contributed by atoms with Crippen molar-refractivity contribution in [3.63, 3.8) is 0 Å². The van der Waals surface area contributed by atoms with Crippen molar-refractivity contribution in [2.24, 2.45) is 0 Å². The van der Waals surface area contributed by atoms with Gasteiger partial charge in [0.15, 0.2) is 22.2 Å². The van der Waals surface area contributed by atoms with Crippen LogP contribution in [0.25, 0.3) is 11.0 Å². The minimum Gasteiger partial charge on any atom is -0.484 e. The van der Waals surface area contributed by atoms with Gasteiger partial charge in [0.1, 0.15) is 17.6 Å². The highest BCUT2D eigenvalue weighted by molar-refractivity contribution is 7.91. The summed E-state index contributed by atoms with van der Waals surface area (Å²) in [4.78, 5) is 27.4. The van der Waals surface area contributed by atoms with Gasteiger partial charge in [0, 0.05) is 11.1 Å². The number of rotatable bonds is 7. The van der Waals surface area contributed by atoms with Gasteiger partial charge in [-0.3, -0.25) is 9.59 Å². The van der Waals surface area contributed by atoms with Gasteiger partial charge in [0.2, 0.25) is 5.78 Å². The maximum absolute atomic E-state index is 13.2. The summed E-state index contributed by atoms with van der Waals surface area (Å²) in [6, 6.07) is 16.7. The number of hydrogen-bond donors (Lipinski definition) is 0. The Morgan fingerprint density at radius 3 is 2.56 bits per heavy atom. The summed E-state index contributed by atoms with van der Waals surface area (Å²) in [6.07, 6.45) is 3.16. The maximum Gasteiger partial charge on any atom is 0.265 e. The number of furan rings is 2. The number of amides is 1. The Hall–Kier alpha value is -3.85. The minimum atomic E-state index is -3.18. The Labute approximate surface area is 195 Å². The molecule has 1 aliphatic heterocycles. The number of hydrogen-bond acceptors (Lipinski definition) is 7. The molecule has 174 valence electrons. The van der Waals surface area contributed by atoms with Crippen molar-refractivity contribution in [3.05, 3.63) is 84.5 Å². The van der Waals surface area contributed by atoms with Crippen LogP contribution in [0.2, 0.25) is 0 Å². The zero-order valence-electron chi connectivity index (χ0n) is 18.0. The molecule has 2 aromatic heterocycles. The molecule has 0 bridgehead atoms. The second kappa shape index (κ2) is 8.83. The molecule has 4 aromatic rings. The molecule has 0 radical (unpaired) electrons. The lowest BCUT2D eigenvalue weighted by molar-refractivity contribution is -0.121. The first-order valence-electron chi connectivity index (χ1n) is 10.7. The van der Waals surface area contributed by atoms with E-state index in [1.807, 2.05) is 6.07 Å². The second-order valence-electron chi connectivity index (χ2n) is 8.06.